The number of benzene rings is 1. The summed E-state index contributed by atoms with van der Waals surface area (Å²) in [6, 6.07) is 6.20. The zero-order valence-electron chi connectivity index (χ0n) is 9.32. The van der Waals surface area contributed by atoms with Gasteiger partial charge in [-0.25, -0.2) is 0 Å². The van der Waals surface area contributed by atoms with Gasteiger partial charge in [-0.1, -0.05) is 18.9 Å². The fraction of sp³-hybridized carbons (Fsp3) is 0.538. The molecule has 0 aromatic heterocycles. The number of hydrogen-bond acceptors (Lipinski definition) is 3. The molecule has 2 aliphatic rings. The molecule has 1 unspecified atom stereocenters. The highest BCUT2D eigenvalue weighted by atomic mass is 16.6. The van der Waals surface area contributed by atoms with Crippen LogP contribution in [0.2, 0.25) is 0 Å². The SMILES string of the molecule is NC(CC1CC1)c1ccc2c(c1)OCCO2. The number of hydrogen-bond donors (Lipinski definition) is 1. The average Bonchev–Trinajstić information content (AvgIpc) is 3.12. The number of nitrogens with two attached hydrogens (primary N) is 1. The van der Waals surface area contributed by atoms with Crippen molar-refractivity contribution in [3.05, 3.63) is 23.8 Å². The first-order valence-electron chi connectivity index (χ1n) is 5.98. The van der Waals surface area contributed by atoms with Crippen LogP contribution in [0.25, 0.3) is 0 Å². The zero-order chi connectivity index (χ0) is 11.0. The Morgan fingerprint density at radius 3 is 2.69 bits per heavy atom. The summed E-state index contributed by atoms with van der Waals surface area (Å²) in [5.74, 6) is 2.53. The molecule has 16 heavy (non-hydrogen) atoms. The average molecular weight is 219 g/mol. The summed E-state index contributed by atoms with van der Waals surface area (Å²) in [4.78, 5) is 0. The molecular formula is C13H17NO2. The monoisotopic (exact) mass is 219 g/mol. The summed E-state index contributed by atoms with van der Waals surface area (Å²) >= 11 is 0. The Balaban J connectivity index is 1.78. The van der Waals surface area contributed by atoms with Crippen LogP contribution in [0.4, 0.5) is 0 Å². The summed E-state index contributed by atoms with van der Waals surface area (Å²) in [6.45, 7) is 1.27. The molecule has 0 bridgehead atoms. The Bertz CT molecular complexity index is 388. The summed E-state index contributed by atoms with van der Waals surface area (Å²) in [5, 5.41) is 0. The molecule has 0 spiro atoms. The molecule has 0 saturated heterocycles. The van der Waals surface area contributed by atoms with Crippen molar-refractivity contribution in [1.82, 2.24) is 0 Å². The Morgan fingerprint density at radius 1 is 1.19 bits per heavy atom. The van der Waals surface area contributed by atoms with E-state index in [0.717, 1.165) is 29.4 Å². The van der Waals surface area contributed by atoms with Gasteiger partial charge in [0.15, 0.2) is 11.5 Å². The molecule has 0 radical (unpaired) electrons. The van der Waals surface area contributed by atoms with Crippen LogP contribution in [-0.4, -0.2) is 13.2 Å². The molecule has 3 heteroatoms. The smallest absolute Gasteiger partial charge is 0.161 e. The number of rotatable bonds is 3. The molecule has 3 nitrogen and oxygen atoms in total. The second kappa shape index (κ2) is 3.98. The summed E-state index contributed by atoms with van der Waals surface area (Å²) in [7, 11) is 0. The van der Waals surface area contributed by atoms with Crippen molar-refractivity contribution in [1.29, 1.82) is 0 Å². The predicted octanol–water partition coefficient (Wildman–Crippen LogP) is 2.26. The molecular weight excluding hydrogens is 202 g/mol. The molecule has 86 valence electrons. The Hall–Kier alpha value is -1.22. The first-order chi connectivity index (χ1) is 7.83. The Morgan fingerprint density at radius 2 is 1.94 bits per heavy atom. The van der Waals surface area contributed by atoms with Gasteiger partial charge in [-0.2, -0.15) is 0 Å². The second-order valence-electron chi connectivity index (χ2n) is 4.69. The largest absolute Gasteiger partial charge is 0.486 e. The third kappa shape index (κ3) is 2.00. The highest BCUT2D eigenvalue weighted by Crippen LogP contribution is 2.38. The van der Waals surface area contributed by atoms with E-state index in [4.69, 9.17) is 15.2 Å². The fourth-order valence-corrected chi connectivity index (χ4v) is 2.14. The minimum atomic E-state index is 0.142. The summed E-state index contributed by atoms with van der Waals surface area (Å²) in [6.07, 6.45) is 3.79. The normalized spacial score (nSPS) is 20.6. The molecule has 1 heterocycles. The van der Waals surface area contributed by atoms with Gasteiger partial charge in [0.05, 0.1) is 0 Å². The van der Waals surface area contributed by atoms with Gasteiger partial charge in [-0.15, -0.1) is 0 Å². The van der Waals surface area contributed by atoms with Crippen molar-refractivity contribution in [2.24, 2.45) is 11.7 Å². The van der Waals surface area contributed by atoms with E-state index < -0.39 is 0 Å². The lowest BCUT2D eigenvalue weighted by atomic mass is 10.0. The maximum atomic E-state index is 6.17. The Labute approximate surface area is 95.5 Å². The molecule has 1 atom stereocenters. The molecule has 2 N–H and O–H groups in total. The van der Waals surface area contributed by atoms with Gasteiger partial charge in [0.2, 0.25) is 0 Å². The zero-order valence-corrected chi connectivity index (χ0v) is 9.32. The Kier molecular flexibility index (Phi) is 2.48. The first kappa shape index (κ1) is 9.97. The standard InChI is InChI=1S/C13H17NO2/c14-11(7-9-1-2-9)10-3-4-12-13(8-10)16-6-5-15-12/h3-4,8-9,11H,1-2,5-7,14H2. The van der Waals surface area contributed by atoms with Gasteiger partial charge in [0, 0.05) is 6.04 Å². The van der Waals surface area contributed by atoms with E-state index in [0.29, 0.717) is 13.2 Å². The molecule has 1 aromatic rings. The van der Waals surface area contributed by atoms with Gasteiger partial charge < -0.3 is 15.2 Å². The third-order valence-corrected chi connectivity index (χ3v) is 3.28. The first-order valence-corrected chi connectivity index (χ1v) is 5.98. The minimum Gasteiger partial charge on any atom is -0.486 e. The highest BCUT2D eigenvalue weighted by Gasteiger charge is 2.25. The molecule has 1 aliphatic carbocycles. The molecule has 1 aromatic carbocycles. The van der Waals surface area contributed by atoms with E-state index >= 15 is 0 Å². The number of fused-ring (bicyclic) bond motifs is 1. The van der Waals surface area contributed by atoms with E-state index in [1.165, 1.54) is 12.8 Å². The van der Waals surface area contributed by atoms with Gasteiger partial charge in [0.25, 0.3) is 0 Å². The lowest BCUT2D eigenvalue weighted by Crippen LogP contribution is -2.17. The molecule has 0 amide bonds. The summed E-state index contributed by atoms with van der Waals surface area (Å²) in [5.41, 5.74) is 7.34. The molecule has 3 rings (SSSR count). The van der Waals surface area contributed by atoms with Gasteiger partial charge in [0.1, 0.15) is 13.2 Å². The lowest BCUT2D eigenvalue weighted by molar-refractivity contribution is 0.171. The highest BCUT2D eigenvalue weighted by molar-refractivity contribution is 5.44. The maximum Gasteiger partial charge on any atom is 0.161 e. The van der Waals surface area contributed by atoms with Crippen molar-refractivity contribution in [3.8, 4) is 11.5 Å². The van der Waals surface area contributed by atoms with E-state index in [1.807, 2.05) is 12.1 Å². The van der Waals surface area contributed by atoms with Crippen molar-refractivity contribution in [2.45, 2.75) is 25.3 Å². The second-order valence-corrected chi connectivity index (χ2v) is 4.69. The van der Waals surface area contributed by atoms with E-state index in [2.05, 4.69) is 6.07 Å². The quantitative estimate of drug-likeness (QED) is 0.848. The number of ether oxygens (including phenoxy) is 2. The van der Waals surface area contributed by atoms with Gasteiger partial charge >= 0.3 is 0 Å². The molecule has 1 aliphatic heterocycles. The fourth-order valence-electron chi connectivity index (χ4n) is 2.14. The van der Waals surface area contributed by atoms with Gasteiger partial charge in [-0.3, -0.25) is 0 Å². The molecule has 1 saturated carbocycles. The summed E-state index contributed by atoms with van der Waals surface area (Å²) < 4.78 is 11.0. The van der Waals surface area contributed by atoms with Crippen molar-refractivity contribution in [3.63, 3.8) is 0 Å². The molecule has 1 fully saturated rings. The van der Waals surface area contributed by atoms with Crippen LogP contribution in [0.5, 0.6) is 11.5 Å². The van der Waals surface area contributed by atoms with Crippen LogP contribution >= 0.6 is 0 Å². The van der Waals surface area contributed by atoms with Gasteiger partial charge in [-0.05, 0) is 30.0 Å². The van der Waals surface area contributed by atoms with Crippen LogP contribution in [-0.2, 0) is 0 Å². The third-order valence-electron chi connectivity index (χ3n) is 3.28. The van der Waals surface area contributed by atoms with Crippen molar-refractivity contribution in [2.75, 3.05) is 13.2 Å². The van der Waals surface area contributed by atoms with E-state index in [-0.39, 0.29) is 6.04 Å². The lowest BCUT2D eigenvalue weighted by Gasteiger charge is -2.20. The topological polar surface area (TPSA) is 44.5 Å². The van der Waals surface area contributed by atoms with Crippen molar-refractivity contribution >= 4 is 0 Å². The van der Waals surface area contributed by atoms with E-state index in [9.17, 15) is 0 Å². The van der Waals surface area contributed by atoms with Crippen LogP contribution in [0.3, 0.4) is 0 Å². The van der Waals surface area contributed by atoms with Crippen LogP contribution in [0, 0.1) is 5.92 Å². The van der Waals surface area contributed by atoms with Crippen molar-refractivity contribution < 1.29 is 9.47 Å². The maximum absolute atomic E-state index is 6.17. The minimum absolute atomic E-state index is 0.142. The van der Waals surface area contributed by atoms with Crippen LogP contribution in [0.1, 0.15) is 30.9 Å². The van der Waals surface area contributed by atoms with E-state index in [1.54, 1.807) is 0 Å². The van der Waals surface area contributed by atoms with Crippen LogP contribution in [0.15, 0.2) is 18.2 Å². The predicted molar refractivity (Wildman–Crippen MR) is 61.7 cm³/mol. The van der Waals surface area contributed by atoms with Crippen LogP contribution < -0.4 is 15.2 Å².